The number of hydrogen-bond acceptors (Lipinski definition) is 3. The molecule has 0 heterocycles. The summed E-state index contributed by atoms with van der Waals surface area (Å²) in [6.45, 7) is 1.46. The summed E-state index contributed by atoms with van der Waals surface area (Å²) in [5.74, 6) is -1.51. The lowest BCUT2D eigenvalue weighted by molar-refractivity contribution is 0.101. The fraction of sp³-hybridized carbons (Fsp3) is 0.0455. The van der Waals surface area contributed by atoms with Gasteiger partial charge in [0.2, 0.25) is 0 Å². The molecule has 0 spiro atoms. The Morgan fingerprint density at radius 1 is 0.793 bits per heavy atom. The molecule has 0 atom stereocenters. The first kappa shape index (κ1) is 20.2. The lowest BCUT2D eigenvalue weighted by Crippen LogP contribution is -2.18. The number of anilines is 2. The smallest absolute Gasteiger partial charge is 0.257 e. The Kier molecular flexibility index (Phi) is 6.04. The van der Waals surface area contributed by atoms with Gasteiger partial charge < -0.3 is 10.6 Å². The summed E-state index contributed by atoms with van der Waals surface area (Å²) < 4.78 is 13.1. The molecule has 0 fully saturated rings. The van der Waals surface area contributed by atoms with Crippen molar-refractivity contribution in [3.8, 4) is 0 Å². The monoisotopic (exact) mass is 410 g/mol. The van der Waals surface area contributed by atoms with Crippen molar-refractivity contribution < 1.29 is 18.8 Å². The number of hydrogen-bond donors (Lipinski definition) is 2. The summed E-state index contributed by atoms with van der Waals surface area (Å²) in [6, 6.07) is 15.9. The number of rotatable bonds is 5. The Balaban J connectivity index is 1.82. The second-order valence-corrected chi connectivity index (χ2v) is 6.68. The Bertz CT molecular complexity index is 1080. The first-order chi connectivity index (χ1) is 13.8. The first-order valence-corrected chi connectivity index (χ1v) is 9.00. The maximum atomic E-state index is 13.1. The van der Waals surface area contributed by atoms with E-state index in [4.69, 9.17) is 11.6 Å². The normalized spacial score (nSPS) is 10.3. The lowest BCUT2D eigenvalue weighted by Gasteiger charge is -2.12. The molecule has 0 saturated heterocycles. The van der Waals surface area contributed by atoms with Crippen molar-refractivity contribution in [3.05, 3.63) is 94.3 Å². The van der Waals surface area contributed by atoms with Crippen LogP contribution in [-0.4, -0.2) is 17.6 Å². The quantitative estimate of drug-likeness (QED) is 0.568. The van der Waals surface area contributed by atoms with Crippen LogP contribution in [0.2, 0.25) is 5.02 Å². The Labute approximate surface area is 171 Å². The molecule has 0 aliphatic heterocycles. The summed E-state index contributed by atoms with van der Waals surface area (Å²) >= 11 is 6.01. The van der Waals surface area contributed by atoms with Crippen LogP contribution in [0, 0.1) is 5.82 Å². The van der Waals surface area contributed by atoms with Crippen molar-refractivity contribution in [3.63, 3.8) is 0 Å². The van der Waals surface area contributed by atoms with Crippen molar-refractivity contribution in [1.29, 1.82) is 0 Å². The van der Waals surface area contributed by atoms with Gasteiger partial charge in [-0.3, -0.25) is 14.4 Å². The summed E-state index contributed by atoms with van der Waals surface area (Å²) in [5.41, 5.74) is 1.66. The number of amides is 2. The molecule has 3 aromatic rings. The van der Waals surface area contributed by atoms with Crippen molar-refractivity contribution in [2.75, 3.05) is 10.6 Å². The largest absolute Gasteiger partial charge is 0.322 e. The van der Waals surface area contributed by atoms with Crippen LogP contribution in [0.1, 0.15) is 38.0 Å². The molecule has 0 bridgehead atoms. The molecule has 2 amide bonds. The molecule has 3 rings (SSSR count). The highest BCUT2D eigenvalue weighted by Crippen LogP contribution is 2.23. The van der Waals surface area contributed by atoms with Crippen molar-refractivity contribution >= 4 is 40.6 Å². The molecule has 0 aliphatic rings. The fourth-order valence-electron chi connectivity index (χ4n) is 2.60. The minimum Gasteiger partial charge on any atom is -0.322 e. The molecular weight excluding hydrogens is 395 g/mol. The SMILES string of the molecule is CC(=O)c1ccc(NC(=O)c2ccc(Cl)cc2NC(=O)c2ccc(F)cc2)cc1. The Morgan fingerprint density at radius 3 is 2.03 bits per heavy atom. The highest BCUT2D eigenvalue weighted by atomic mass is 35.5. The average Bonchev–Trinajstić information content (AvgIpc) is 2.69. The van der Waals surface area contributed by atoms with Crippen LogP contribution in [0.3, 0.4) is 0 Å². The van der Waals surface area contributed by atoms with E-state index in [0.29, 0.717) is 16.3 Å². The molecule has 7 heteroatoms. The molecule has 0 saturated carbocycles. The van der Waals surface area contributed by atoms with E-state index in [1.807, 2.05) is 0 Å². The zero-order valence-corrected chi connectivity index (χ0v) is 16.1. The van der Waals surface area contributed by atoms with Crippen LogP contribution in [0.15, 0.2) is 66.7 Å². The molecule has 0 unspecified atom stereocenters. The van der Waals surface area contributed by atoms with Gasteiger partial charge in [0.1, 0.15) is 5.82 Å². The van der Waals surface area contributed by atoms with Crippen LogP contribution in [0.5, 0.6) is 0 Å². The molecule has 2 N–H and O–H groups in total. The van der Waals surface area contributed by atoms with Crippen LogP contribution >= 0.6 is 11.6 Å². The van der Waals surface area contributed by atoms with Gasteiger partial charge in [-0.05, 0) is 73.7 Å². The topological polar surface area (TPSA) is 75.3 Å². The standard InChI is InChI=1S/C22H16ClFN2O3/c1-13(27)14-4-9-18(10-5-14)25-22(29)19-11-6-16(23)12-20(19)26-21(28)15-2-7-17(24)8-3-15/h2-12H,1H3,(H,25,29)(H,26,28). The van der Waals surface area contributed by atoms with Crippen molar-refractivity contribution in [2.45, 2.75) is 6.92 Å². The van der Waals surface area contributed by atoms with E-state index in [9.17, 15) is 18.8 Å². The van der Waals surface area contributed by atoms with E-state index < -0.39 is 17.6 Å². The van der Waals surface area contributed by atoms with Gasteiger partial charge >= 0.3 is 0 Å². The molecule has 3 aromatic carbocycles. The molecule has 29 heavy (non-hydrogen) atoms. The van der Waals surface area contributed by atoms with Gasteiger partial charge in [0.15, 0.2) is 5.78 Å². The minimum atomic E-state index is -0.507. The van der Waals surface area contributed by atoms with Crippen molar-refractivity contribution in [2.24, 2.45) is 0 Å². The van der Waals surface area contributed by atoms with E-state index >= 15 is 0 Å². The predicted molar refractivity (Wildman–Crippen MR) is 110 cm³/mol. The number of halogens is 2. The van der Waals surface area contributed by atoms with E-state index in [-0.39, 0.29) is 22.6 Å². The maximum Gasteiger partial charge on any atom is 0.257 e. The summed E-state index contributed by atoms with van der Waals surface area (Å²) in [5, 5.41) is 5.67. The number of Topliss-reactive ketones (excluding diaryl/α,β-unsaturated/α-hetero) is 1. The summed E-state index contributed by atoms with van der Waals surface area (Å²) in [7, 11) is 0. The minimum absolute atomic E-state index is 0.0774. The zero-order valence-electron chi connectivity index (χ0n) is 15.3. The molecule has 0 aromatic heterocycles. The predicted octanol–water partition coefficient (Wildman–Crippen LogP) is 5.19. The molecule has 5 nitrogen and oxygen atoms in total. The highest BCUT2D eigenvalue weighted by molar-refractivity contribution is 6.31. The average molecular weight is 411 g/mol. The fourth-order valence-corrected chi connectivity index (χ4v) is 2.77. The van der Waals surface area contributed by atoms with Crippen LogP contribution in [-0.2, 0) is 0 Å². The third kappa shape index (κ3) is 5.06. The number of carbonyl (C=O) groups excluding carboxylic acids is 3. The Morgan fingerprint density at radius 2 is 1.41 bits per heavy atom. The second-order valence-electron chi connectivity index (χ2n) is 6.24. The lowest BCUT2D eigenvalue weighted by atomic mass is 10.1. The van der Waals surface area contributed by atoms with E-state index in [2.05, 4.69) is 10.6 Å². The second kappa shape index (κ2) is 8.67. The Hall–Kier alpha value is -3.51. The van der Waals surface area contributed by atoms with E-state index in [1.165, 1.54) is 49.4 Å². The number of carbonyl (C=O) groups is 3. The maximum absolute atomic E-state index is 13.1. The summed E-state index contributed by atoms with van der Waals surface area (Å²) in [4.78, 5) is 36.5. The van der Waals surface area contributed by atoms with Gasteiger partial charge in [0, 0.05) is 21.8 Å². The number of benzene rings is 3. The molecular formula is C22H16ClFN2O3. The van der Waals surface area contributed by atoms with Crippen LogP contribution in [0.25, 0.3) is 0 Å². The molecule has 0 aliphatic carbocycles. The van der Waals surface area contributed by atoms with Gasteiger partial charge in [-0.25, -0.2) is 4.39 Å². The molecule has 146 valence electrons. The van der Waals surface area contributed by atoms with Crippen molar-refractivity contribution in [1.82, 2.24) is 0 Å². The van der Waals surface area contributed by atoms with Gasteiger partial charge in [-0.2, -0.15) is 0 Å². The van der Waals surface area contributed by atoms with Gasteiger partial charge in [0.05, 0.1) is 11.3 Å². The van der Waals surface area contributed by atoms with E-state index in [0.717, 1.165) is 0 Å². The first-order valence-electron chi connectivity index (χ1n) is 8.62. The van der Waals surface area contributed by atoms with Gasteiger partial charge in [-0.15, -0.1) is 0 Å². The third-order valence-corrected chi connectivity index (χ3v) is 4.37. The molecule has 0 radical (unpaired) electrons. The summed E-state index contributed by atoms with van der Waals surface area (Å²) in [6.07, 6.45) is 0. The zero-order chi connectivity index (χ0) is 21.0. The van der Waals surface area contributed by atoms with Gasteiger partial charge in [-0.1, -0.05) is 11.6 Å². The number of ketones is 1. The third-order valence-electron chi connectivity index (χ3n) is 4.13. The number of nitrogens with one attached hydrogen (secondary N) is 2. The van der Waals surface area contributed by atoms with Gasteiger partial charge in [0.25, 0.3) is 11.8 Å². The van der Waals surface area contributed by atoms with E-state index in [1.54, 1.807) is 24.3 Å². The van der Waals surface area contributed by atoms with Crippen LogP contribution in [0.4, 0.5) is 15.8 Å². The highest BCUT2D eigenvalue weighted by Gasteiger charge is 2.16. The van der Waals surface area contributed by atoms with Crippen LogP contribution < -0.4 is 10.6 Å².